The number of nitrogens with two attached hydrogens (primary N) is 2. The molecule has 1 atom stereocenters. The zero-order valence-corrected chi connectivity index (χ0v) is 10.3. The number of aliphatic hydroxyl groups excluding tert-OH is 1. The fourth-order valence-corrected chi connectivity index (χ4v) is 2.02. The normalized spacial score (nSPS) is 18.5. The molecule has 0 bridgehead atoms. The molecule has 0 radical (unpaired) electrons. The molecular formula is C12H20N4O2. The number of likely N-dealkylation sites (tertiary alicyclic amines) is 1. The van der Waals surface area contributed by atoms with E-state index in [1.165, 1.54) is 0 Å². The molecule has 8 N–H and O–H groups in total. The number of hydrogen-bond acceptors (Lipinski definition) is 5. The average Bonchev–Trinajstić information content (AvgIpc) is 2.69. The van der Waals surface area contributed by atoms with Crippen LogP contribution in [-0.4, -0.2) is 35.1 Å². The van der Waals surface area contributed by atoms with E-state index in [1.807, 2.05) is 0 Å². The summed E-state index contributed by atoms with van der Waals surface area (Å²) in [4.78, 5) is 13.6. The Bertz CT molecular complexity index is 436. The number of carbonyl (C=O) groups is 1. The number of amides is 1. The highest BCUT2D eigenvalue weighted by molar-refractivity contribution is 5.81. The lowest BCUT2D eigenvalue weighted by Crippen LogP contribution is -2.31. The zero-order chi connectivity index (χ0) is 12.4. The van der Waals surface area contributed by atoms with Gasteiger partial charge in [0.15, 0.2) is 0 Å². The molecule has 1 heterocycles. The highest BCUT2D eigenvalue weighted by Gasteiger charge is 2.24. The van der Waals surface area contributed by atoms with Crippen molar-refractivity contribution in [1.82, 2.24) is 11.1 Å². The van der Waals surface area contributed by atoms with E-state index in [0.717, 1.165) is 5.56 Å². The minimum Gasteiger partial charge on any atom is -0.399 e. The number of aliphatic hydroxyl groups is 1. The number of β-amino-alcohol motifs (C(OH)–C–C–N with tert-alkyl or cyclic N) is 1. The number of hydrogen-bond donors (Lipinski definition) is 4. The molecule has 1 unspecified atom stereocenters. The molecule has 18 heavy (non-hydrogen) atoms. The molecule has 1 saturated heterocycles. The number of nitrogen functional groups attached to an aromatic ring is 2. The fraction of sp³-hybridized carbons (Fsp3) is 0.417. The van der Waals surface area contributed by atoms with E-state index in [-0.39, 0.29) is 24.6 Å². The van der Waals surface area contributed by atoms with Gasteiger partial charge in [0.25, 0.3) is 0 Å². The van der Waals surface area contributed by atoms with E-state index in [9.17, 15) is 9.90 Å². The van der Waals surface area contributed by atoms with Gasteiger partial charge in [-0.2, -0.15) is 0 Å². The molecule has 1 amide bonds. The maximum Gasteiger partial charge on any atom is 0.227 e. The van der Waals surface area contributed by atoms with Gasteiger partial charge in [0.05, 0.1) is 12.5 Å². The summed E-state index contributed by atoms with van der Waals surface area (Å²) >= 11 is 0. The van der Waals surface area contributed by atoms with Crippen LogP contribution in [0.5, 0.6) is 0 Å². The van der Waals surface area contributed by atoms with Gasteiger partial charge in [-0.15, -0.1) is 0 Å². The smallest absolute Gasteiger partial charge is 0.227 e. The Morgan fingerprint density at radius 3 is 2.72 bits per heavy atom. The Labute approximate surface area is 106 Å². The van der Waals surface area contributed by atoms with Gasteiger partial charge in [-0.05, 0) is 24.1 Å². The number of benzene rings is 1. The van der Waals surface area contributed by atoms with E-state index in [4.69, 9.17) is 11.5 Å². The Morgan fingerprint density at radius 1 is 1.44 bits per heavy atom. The molecule has 1 aromatic carbocycles. The van der Waals surface area contributed by atoms with Gasteiger partial charge < -0.3 is 27.6 Å². The predicted molar refractivity (Wildman–Crippen MR) is 71.2 cm³/mol. The van der Waals surface area contributed by atoms with Crippen LogP contribution < -0.4 is 17.6 Å². The van der Waals surface area contributed by atoms with Crippen LogP contribution in [0.2, 0.25) is 0 Å². The topological polar surface area (TPSA) is 128 Å². The Morgan fingerprint density at radius 2 is 2.17 bits per heavy atom. The van der Waals surface area contributed by atoms with Gasteiger partial charge in [0, 0.05) is 24.5 Å². The molecule has 1 aliphatic rings. The van der Waals surface area contributed by atoms with E-state index >= 15 is 0 Å². The van der Waals surface area contributed by atoms with Crippen LogP contribution in [-0.2, 0) is 11.2 Å². The standard InChI is InChI=1S/C12H17N3O2.H3N/c13-9-2-1-8(11(14)6-9)5-12(17)15-4-3-10(16)7-15;/h1-2,6,10,16H,3-5,7,13-14H2;1H3. The van der Waals surface area contributed by atoms with Gasteiger partial charge in [-0.25, -0.2) is 0 Å². The molecule has 100 valence electrons. The van der Waals surface area contributed by atoms with Crippen LogP contribution in [0.3, 0.4) is 0 Å². The summed E-state index contributed by atoms with van der Waals surface area (Å²) in [5.41, 5.74) is 13.3. The molecule has 0 aliphatic carbocycles. The largest absolute Gasteiger partial charge is 0.399 e. The molecule has 2 rings (SSSR count). The molecular weight excluding hydrogens is 232 g/mol. The van der Waals surface area contributed by atoms with Crippen LogP contribution in [0.25, 0.3) is 0 Å². The van der Waals surface area contributed by atoms with Crippen molar-refractivity contribution in [2.75, 3.05) is 24.6 Å². The van der Waals surface area contributed by atoms with Crippen LogP contribution in [0, 0.1) is 0 Å². The van der Waals surface area contributed by atoms with E-state index in [2.05, 4.69) is 0 Å². The lowest BCUT2D eigenvalue weighted by molar-refractivity contribution is -0.129. The molecule has 6 heteroatoms. The first-order valence-electron chi connectivity index (χ1n) is 5.66. The first-order valence-corrected chi connectivity index (χ1v) is 5.66. The number of anilines is 2. The highest BCUT2D eigenvalue weighted by Crippen LogP contribution is 2.18. The summed E-state index contributed by atoms with van der Waals surface area (Å²) in [6.45, 7) is 1.04. The fourth-order valence-electron chi connectivity index (χ4n) is 2.02. The molecule has 1 aromatic rings. The van der Waals surface area contributed by atoms with E-state index in [1.54, 1.807) is 23.1 Å². The van der Waals surface area contributed by atoms with E-state index in [0.29, 0.717) is 30.9 Å². The molecule has 0 spiro atoms. The van der Waals surface area contributed by atoms with Crippen LogP contribution in [0.4, 0.5) is 11.4 Å². The van der Waals surface area contributed by atoms with Crippen molar-refractivity contribution in [2.24, 2.45) is 0 Å². The lowest BCUT2D eigenvalue weighted by atomic mass is 10.1. The summed E-state index contributed by atoms with van der Waals surface area (Å²) < 4.78 is 0. The van der Waals surface area contributed by atoms with Crippen molar-refractivity contribution in [2.45, 2.75) is 18.9 Å². The molecule has 0 saturated carbocycles. The molecule has 1 fully saturated rings. The van der Waals surface area contributed by atoms with Crippen molar-refractivity contribution < 1.29 is 9.90 Å². The average molecular weight is 252 g/mol. The van der Waals surface area contributed by atoms with Gasteiger partial charge >= 0.3 is 0 Å². The molecule has 0 aromatic heterocycles. The van der Waals surface area contributed by atoms with Crippen molar-refractivity contribution in [1.29, 1.82) is 0 Å². The van der Waals surface area contributed by atoms with Crippen molar-refractivity contribution in [3.05, 3.63) is 23.8 Å². The second-order valence-electron chi connectivity index (χ2n) is 4.42. The zero-order valence-electron chi connectivity index (χ0n) is 10.3. The minimum atomic E-state index is -0.386. The Balaban J connectivity index is 0.00000162. The third-order valence-electron chi connectivity index (χ3n) is 3.03. The van der Waals surface area contributed by atoms with Gasteiger partial charge in [-0.3, -0.25) is 4.79 Å². The van der Waals surface area contributed by atoms with Crippen LogP contribution in [0.15, 0.2) is 18.2 Å². The molecule has 1 aliphatic heterocycles. The summed E-state index contributed by atoms with van der Waals surface area (Å²) in [6, 6.07) is 5.16. The minimum absolute atomic E-state index is 0. The number of nitrogens with zero attached hydrogens (tertiary/aromatic N) is 1. The summed E-state index contributed by atoms with van der Waals surface area (Å²) in [5, 5.41) is 9.37. The SMILES string of the molecule is N.Nc1ccc(CC(=O)N2CCC(O)C2)c(N)c1. The third kappa shape index (κ3) is 3.12. The second kappa shape index (κ2) is 5.70. The van der Waals surface area contributed by atoms with Crippen molar-refractivity contribution >= 4 is 17.3 Å². The highest BCUT2D eigenvalue weighted by atomic mass is 16.3. The van der Waals surface area contributed by atoms with Gasteiger partial charge in [0.1, 0.15) is 0 Å². The first kappa shape index (κ1) is 14.3. The summed E-state index contributed by atoms with van der Waals surface area (Å²) in [5.74, 6) is -0.00183. The van der Waals surface area contributed by atoms with Crippen molar-refractivity contribution in [3.63, 3.8) is 0 Å². The third-order valence-corrected chi connectivity index (χ3v) is 3.03. The molecule has 6 nitrogen and oxygen atoms in total. The van der Waals surface area contributed by atoms with Gasteiger partial charge in [0.2, 0.25) is 5.91 Å². The first-order chi connectivity index (χ1) is 8.06. The summed E-state index contributed by atoms with van der Waals surface area (Å²) in [6.07, 6.45) is 0.532. The summed E-state index contributed by atoms with van der Waals surface area (Å²) in [7, 11) is 0. The van der Waals surface area contributed by atoms with Gasteiger partial charge in [-0.1, -0.05) is 6.07 Å². The number of carbonyl (C=O) groups excluding carboxylic acids is 1. The van der Waals surface area contributed by atoms with Crippen molar-refractivity contribution in [3.8, 4) is 0 Å². The number of rotatable bonds is 2. The predicted octanol–water partition coefficient (Wildman–Crippen LogP) is 0.149. The maximum absolute atomic E-state index is 11.9. The van der Waals surface area contributed by atoms with Crippen LogP contribution in [0.1, 0.15) is 12.0 Å². The van der Waals surface area contributed by atoms with Crippen LogP contribution >= 0.6 is 0 Å². The second-order valence-corrected chi connectivity index (χ2v) is 4.42. The quantitative estimate of drug-likeness (QED) is 0.557. The maximum atomic E-state index is 11.9. The Hall–Kier alpha value is -1.79. The van der Waals surface area contributed by atoms with E-state index < -0.39 is 0 Å². The Kier molecular flexibility index (Phi) is 4.52. The monoisotopic (exact) mass is 252 g/mol. The lowest BCUT2D eigenvalue weighted by Gasteiger charge is -2.16.